The van der Waals surface area contributed by atoms with Crippen molar-refractivity contribution in [1.82, 2.24) is 10.4 Å². The molecule has 0 aliphatic carbocycles. The third-order valence-electron chi connectivity index (χ3n) is 0.730. The highest BCUT2D eigenvalue weighted by Crippen LogP contribution is 1.83. The number of ether oxygens (including phenoxy) is 1. The van der Waals surface area contributed by atoms with Crippen molar-refractivity contribution in [1.29, 1.82) is 0 Å². The van der Waals surface area contributed by atoms with Crippen molar-refractivity contribution in [3.05, 3.63) is 0 Å². The second kappa shape index (κ2) is 3.71. The van der Waals surface area contributed by atoms with E-state index >= 15 is 0 Å². The van der Waals surface area contributed by atoms with Gasteiger partial charge in [0.1, 0.15) is 0 Å². The number of hydrogen-bond donors (Lipinski definition) is 0. The summed E-state index contributed by atoms with van der Waals surface area (Å²) in [6.45, 7) is 1.25. The Balaban J connectivity index is 3.72. The molecule has 0 aromatic rings. The van der Waals surface area contributed by atoms with Crippen LogP contribution in [0, 0.1) is 0 Å². The summed E-state index contributed by atoms with van der Waals surface area (Å²) in [7, 11) is 2.56. The second-order valence-corrected chi connectivity index (χ2v) is 1.61. The van der Waals surface area contributed by atoms with Gasteiger partial charge in [-0.1, -0.05) is 0 Å². The largest absolute Gasteiger partial charge is 0.451 e. The van der Waals surface area contributed by atoms with Gasteiger partial charge in [0, 0.05) is 14.0 Å². The highest BCUT2D eigenvalue weighted by molar-refractivity contribution is 5.76. The topological polar surface area (TPSA) is 60.7 Å². The third kappa shape index (κ3) is 2.91. The van der Waals surface area contributed by atoms with Gasteiger partial charge in [-0.05, 0) is 0 Å². The van der Waals surface area contributed by atoms with Gasteiger partial charge in [0.25, 0.3) is 5.91 Å². The van der Waals surface area contributed by atoms with Gasteiger partial charge in [0.15, 0.2) is 0 Å². The molecule has 5 heteroatoms. The zero-order chi connectivity index (χ0) is 8.15. The summed E-state index contributed by atoms with van der Waals surface area (Å²) in [6.07, 6.45) is -0.657. The standard InChI is InChI=1S/C5H9N2O3/c1-4(8)6-7(2)5(9)10-3/h1-3H3. The number of carbonyl (C=O) groups is 2. The molecule has 0 atom stereocenters. The molecule has 0 aliphatic rings. The monoisotopic (exact) mass is 145 g/mol. The molecule has 0 bridgehead atoms. The molecule has 0 saturated carbocycles. The van der Waals surface area contributed by atoms with Crippen LogP contribution in [-0.4, -0.2) is 31.2 Å². The fourth-order valence-electron chi connectivity index (χ4n) is 0.384. The van der Waals surface area contributed by atoms with Crippen LogP contribution in [0.3, 0.4) is 0 Å². The Morgan fingerprint density at radius 2 is 2.00 bits per heavy atom. The lowest BCUT2D eigenvalue weighted by Crippen LogP contribution is -2.36. The van der Waals surface area contributed by atoms with Crippen molar-refractivity contribution in [2.45, 2.75) is 6.92 Å². The predicted molar refractivity (Wildman–Crippen MR) is 33.0 cm³/mol. The minimum atomic E-state index is -0.657. The number of amides is 2. The second-order valence-electron chi connectivity index (χ2n) is 1.61. The zero-order valence-electron chi connectivity index (χ0n) is 6.12. The van der Waals surface area contributed by atoms with Crippen LogP contribution in [-0.2, 0) is 9.53 Å². The number of nitrogens with zero attached hydrogens (tertiary/aromatic N) is 2. The van der Waals surface area contributed by atoms with Crippen LogP contribution in [0.15, 0.2) is 0 Å². The van der Waals surface area contributed by atoms with Crippen LogP contribution in [0.2, 0.25) is 0 Å². The molecule has 0 aliphatic heterocycles. The van der Waals surface area contributed by atoms with Gasteiger partial charge in [0.05, 0.1) is 7.11 Å². The van der Waals surface area contributed by atoms with Gasteiger partial charge in [0.2, 0.25) is 0 Å². The molecule has 57 valence electrons. The van der Waals surface area contributed by atoms with Crippen LogP contribution in [0.1, 0.15) is 6.92 Å². The lowest BCUT2D eigenvalue weighted by Gasteiger charge is -2.10. The van der Waals surface area contributed by atoms with Crippen molar-refractivity contribution >= 4 is 12.0 Å². The lowest BCUT2D eigenvalue weighted by atomic mass is 10.7. The van der Waals surface area contributed by atoms with Gasteiger partial charge < -0.3 is 4.74 Å². The number of rotatable bonds is 0. The number of carbonyl (C=O) groups excluding carboxylic acids is 2. The van der Waals surface area contributed by atoms with E-state index in [1.54, 1.807) is 0 Å². The van der Waals surface area contributed by atoms with Crippen LogP contribution in [0.4, 0.5) is 4.79 Å². The molecule has 10 heavy (non-hydrogen) atoms. The first-order valence-corrected chi connectivity index (χ1v) is 2.62. The van der Waals surface area contributed by atoms with Crippen molar-refractivity contribution in [2.75, 3.05) is 14.2 Å². The first kappa shape index (κ1) is 8.74. The van der Waals surface area contributed by atoms with Gasteiger partial charge in [-0.3, -0.25) is 4.79 Å². The summed E-state index contributed by atoms with van der Waals surface area (Å²) < 4.78 is 4.25. The average molecular weight is 145 g/mol. The molecule has 0 fully saturated rings. The molecule has 0 spiro atoms. The summed E-state index contributed by atoms with van der Waals surface area (Å²) >= 11 is 0. The Morgan fingerprint density at radius 3 is 2.30 bits per heavy atom. The number of methoxy groups -OCH3 is 1. The Hall–Kier alpha value is -1.26. The van der Waals surface area contributed by atoms with Gasteiger partial charge >= 0.3 is 6.09 Å². The third-order valence-corrected chi connectivity index (χ3v) is 0.730. The maximum atomic E-state index is 10.5. The molecule has 0 saturated heterocycles. The van der Waals surface area contributed by atoms with E-state index in [1.165, 1.54) is 21.1 Å². The summed E-state index contributed by atoms with van der Waals surface area (Å²) in [5, 5.41) is 0.836. The van der Waals surface area contributed by atoms with E-state index in [0.29, 0.717) is 0 Å². The molecule has 2 amide bonds. The molecule has 0 N–H and O–H groups in total. The Morgan fingerprint density at radius 1 is 1.50 bits per heavy atom. The molecular formula is C5H9N2O3. The van der Waals surface area contributed by atoms with Crippen molar-refractivity contribution < 1.29 is 14.3 Å². The Labute approximate surface area is 58.9 Å². The summed E-state index contributed by atoms with van der Waals surface area (Å²) in [5.41, 5.74) is 3.27. The molecule has 5 nitrogen and oxygen atoms in total. The minimum Gasteiger partial charge on any atom is -0.451 e. The number of hydrogen-bond acceptors (Lipinski definition) is 3. The predicted octanol–water partition coefficient (Wildman–Crippen LogP) is -0.250. The van der Waals surface area contributed by atoms with E-state index in [9.17, 15) is 9.59 Å². The summed E-state index contributed by atoms with van der Waals surface area (Å²) in [4.78, 5) is 20.8. The molecule has 0 aromatic heterocycles. The van der Waals surface area contributed by atoms with Gasteiger partial charge in [-0.25, -0.2) is 4.79 Å². The summed E-state index contributed by atoms with van der Waals surface area (Å²) in [6, 6.07) is 0. The minimum absolute atomic E-state index is 0.437. The van der Waals surface area contributed by atoms with Crippen molar-refractivity contribution in [3.63, 3.8) is 0 Å². The normalized spacial score (nSPS) is 8.30. The molecule has 0 rings (SSSR count). The SMILES string of the molecule is COC(=O)N(C)[N]C(C)=O. The first-order chi connectivity index (χ1) is 4.57. The van der Waals surface area contributed by atoms with E-state index in [1.807, 2.05) is 0 Å². The highest BCUT2D eigenvalue weighted by atomic mass is 16.5. The van der Waals surface area contributed by atoms with Crippen molar-refractivity contribution in [3.8, 4) is 0 Å². The zero-order valence-corrected chi connectivity index (χ0v) is 6.12. The molecule has 0 aromatic carbocycles. The van der Waals surface area contributed by atoms with E-state index in [4.69, 9.17) is 0 Å². The molecule has 0 unspecified atom stereocenters. The van der Waals surface area contributed by atoms with E-state index in [2.05, 4.69) is 10.2 Å². The van der Waals surface area contributed by atoms with Crippen LogP contribution >= 0.6 is 0 Å². The fraction of sp³-hybridized carbons (Fsp3) is 0.600. The molecular weight excluding hydrogens is 136 g/mol. The van der Waals surface area contributed by atoms with Crippen LogP contribution < -0.4 is 5.43 Å². The summed E-state index contributed by atoms with van der Waals surface area (Å²) in [5.74, 6) is -0.437. The maximum Gasteiger partial charge on any atom is 0.429 e. The molecule has 1 radical (unpaired) electrons. The smallest absolute Gasteiger partial charge is 0.429 e. The maximum absolute atomic E-state index is 10.5. The Kier molecular flexibility index (Phi) is 3.24. The van der Waals surface area contributed by atoms with E-state index in [-0.39, 0.29) is 0 Å². The van der Waals surface area contributed by atoms with E-state index < -0.39 is 12.0 Å². The fourth-order valence-corrected chi connectivity index (χ4v) is 0.384. The van der Waals surface area contributed by atoms with Crippen LogP contribution in [0.5, 0.6) is 0 Å². The molecule has 0 heterocycles. The Bertz CT molecular complexity index is 146. The first-order valence-electron chi connectivity index (χ1n) is 2.62. The average Bonchev–Trinajstić information content (AvgIpc) is 1.85. The van der Waals surface area contributed by atoms with Crippen molar-refractivity contribution in [2.24, 2.45) is 0 Å². The quantitative estimate of drug-likeness (QED) is 0.441. The van der Waals surface area contributed by atoms with Crippen LogP contribution in [0.25, 0.3) is 0 Å². The lowest BCUT2D eigenvalue weighted by molar-refractivity contribution is -0.123. The van der Waals surface area contributed by atoms with Gasteiger partial charge in [-0.15, -0.1) is 5.43 Å². The van der Waals surface area contributed by atoms with Gasteiger partial charge in [-0.2, -0.15) is 5.01 Å². The van der Waals surface area contributed by atoms with E-state index in [0.717, 1.165) is 5.01 Å². The highest BCUT2D eigenvalue weighted by Gasteiger charge is 2.09.